The van der Waals surface area contributed by atoms with Gasteiger partial charge in [0.1, 0.15) is 16.6 Å². The van der Waals surface area contributed by atoms with Gasteiger partial charge < -0.3 is 14.6 Å². The summed E-state index contributed by atoms with van der Waals surface area (Å²) in [5, 5.41) is 21.4. The summed E-state index contributed by atoms with van der Waals surface area (Å²) in [4.78, 5) is 12.4. The van der Waals surface area contributed by atoms with E-state index in [2.05, 4.69) is 37.2 Å². The second-order valence-electron chi connectivity index (χ2n) is 7.29. The molecule has 34 heavy (non-hydrogen) atoms. The molecule has 11 heteroatoms. The lowest BCUT2D eigenvalue weighted by Crippen LogP contribution is -2.11. The Labute approximate surface area is 204 Å². The largest absolute Gasteiger partial charge is 0.497 e. The van der Waals surface area contributed by atoms with Crippen LogP contribution in [0.4, 0.5) is 10.1 Å². The average molecular weight is 499 g/mol. The first-order valence-corrected chi connectivity index (χ1v) is 12.5. The van der Waals surface area contributed by atoms with E-state index in [4.69, 9.17) is 4.74 Å². The number of nitrogens with zero attached hydrogens (tertiary/aromatic N) is 5. The quantitative estimate of drug-likeness (QED) is 0.297. The number of amides is 1. The predicted molar refractivity (Wildman–Crippen MR) is 131 cm³/mol. The van der Waals surface area contributed by atoms with Gasteiger partial charge in [0.15, 0.2) is 11.0 Å². The zero-order valence-corrected chi connectivity index (χ0v) is 20.3. The van der Waals surface area contributed by atoms with Crippen LogP contribution in [-0.4, -0.2) is 38.0 Å². The van der Waals surface area contributed by atoms with E-state index in [9.17, 15) is 9.18 Å². The molecule has 1 N–H and O–H groups in total. The smallest absolute Gasteiger partial charge is 0.286 e. The first kappa shape index (κ1) is 23.8. The lowest BCUT2D eigenvalue weighted by atomic mass is 10.2. The lowest BCUT2D eigenvalue weighted by molar-refractivity contribution is 0.102. The van der Waals surface area contributed by atoms with Gasteiger partial charge in [-0.2, -0.15) is 0 Å². The van der Waals surface area contributed by atoms with Crippen molar-refractivity contribution in [1.29, 1.82) is 0 Å². The number of hydrogen-bond donors (Lipinski definition) is 1. The van der Waals surface area contributed by atoms with Crippen LogP contribution >= 0.6 is 23.1 Å². The summed E-state index contributed by atoms with van der Waals surface area (Å²) in [5.74, 6) is 1.35. The minimum absolute atomic E-state index is 0.242. The molecule has 0 aliphatic carbocycles. The fraction of sp³-hybridized carbons (Fsp3) is 0.261. The van der Waals surface area contributed by atoms with Crippen molar-refractivity contribution in [2.45, 2.75) is 37.2 Å². The van der Waals surface area contributed by atoms with Gasteiger partial charge in [-0.1, -0.05) is 36.4 Å². The second-order valence-corrected chi connectivity index (χ2v) is 9.30. The van der Waals surface area contributed by atoms with E-state index in [-0.39, 0.29) is 16.7 Å². The van der Waals surface area contributed by atoms with Crippen LogP contribution in [0.1, 0.15) is 34.6 Å². The van der Waals surface area contributed by atoms with Crippen molar-refractivity contribution in [3.05, 3.63) is 64.4 Å². The molecule has 0 radical (unpaired) electrons. The fourth-order valence-electron chi connectivity index (χ4n) is 3.11. The normalized spacial score (nSPS) is 10.9. The van der Waals surface area contributed by atoms with E-state index in [0.29, 0.717) is 16.4 Å². The molecule has 0 bridgehead atoms. The standard InChI is InChI=1S/C23H23FN6O2S2/c1-3-4-13-30-20(15-5-11-18(32-2)12-6-15)27-29-23(30)33-14-19-26-28-22(34-19)21(31)25-17-9-7-16(24)8-10-17/h5-12H,3-4,13-14H2,1-2H3,(H,25,31). The molecule has 0 unspecified atom stereocenters. The molecule has 0 fully saturated rings. The maximum absolute atomic E-state index is 13.0. The van der Waals surface area contributed by atoms with Gasteiger partial charge in [-0.05, 0) is 55.0 Å². The first-order chi connectivity index (χ1) is 16.6. The Balaban J connectivity index is 1.44. The highest BCUT2D eigenvalue weighted by Gasteiger charge is 2.17. The van der Waals surface area contributed by atoms with Gasteiger partial charge in [0.25, 0.3) is 5.91 Å². The van der Waals surface area contributed by atoms with Crippen molar-refractivity contribution >= 4 is 34.7 Å². The molecule has 2 aromatic heterocycles. The zero-order chi connectivity index (χ0) is 23.9. The number of carbonyl (C=O) groups is 1. The number of benzene rings is 2. The highest BCUT2D eigenvalue weighted by atomic mass is 32.2. The number of ether oxygens (including phenoxy) is 1. The number of rotatable bonds is 10. The Bertz CT molecular complexity index is 1240. The third kappa shape index (κ3) is 5.78. The SMILES string of the molecule is CCCCn1c(SCc2nnc(C(=O)Nc3ccc(F)cc3)s2)nnc1-c1ccc(OC)cc1. The number of thioether (sulfide) groups is 1. The molecule has 0 atom stereocenters. The number of halogens is 1. The van der Waals surface area contributed by atoms with Crippen molar-refractivity contribution in [3.8, 4) is 17.1 Å². The molecule has 2 aromatic carbocycles. The number of aromatic nitrogens is 5. The van der Waals surface area contributed by atoms with E-state index in [1.807, 2.05) is 24.3 Å². The molecular weight excluding hydrogens is 475 g/mol. The van der Waals surface area contributed by atoms with Crippen LogP contribution < -0.4 is 10.1 Å². The van der Waals surface area contributed by atoms with E-state index in [1.165, 1.54) is 47.4 Å². The third-order valence-electron chi connectivity index (χ3n) is 4.89. The van der Waals surface area contributed by atoms with E-state index in [1.54, 1.807) is 7.11 Å². The van der Waals surface area contributed by atoms with E-state index < -0.39 is 0 Å². The van der Waals surface area contributed by atoms with Gasteiger partial charge in [-0.3, -0.25) is 4.79 Å². The van der Waals surface area contributed by atoms with Crippen molar-refractivity contribution in [2.75, 3.05) is 12.4 Å². The molecule has 1 amide bonds. The molecule has 4 aromatic rings. The van der Waals surface area contributed by atoms with Crippen molar-refractivity contribution in [3.63, 3.8) is 0 Å². The molecule has 0 aliphatic rings. The van der Waals surface area contributed by atoms with Gasteiger partial charge in [0.05, 0.1) is 12.9 Å². The van der Waals surface area contributed by atoms with E-state index in [0.717, 1.165) is 41.7 Å². The fourth-order valence-corrected chi connectivity index (χ4v) is 4.80. The van der Waals surface area contributed by atoms with Crippen LogP contribution in [0.25, 0.3) is 11.4 Å². The highest BCUT2D eigenvalue weighted by molar-refractivity contribution is 7.98. The topological polar surface area (TPSA) is 94.8 Å². The van der Waals surface area contributed by atoms with Gasteiger partial charge in [0, 0.05) is 17.8 Å². The van der Waals surface area contributed by atoms with Crippen molar-refractivity contribution < 1.29 is 13.9 Å². The minimum atomic E-state index is -0.381. The Hall–Kier alpha value is -3.31. The number of nitrogens with one attached hydrogen (secondary N) is 1. The molecular formula is C23H23FN6O2S2. The number of methoxy groups -OCH3 is 1. The van der Waals surface area contributed by atoms with Gasteiger partial charge in [0.2, 0.25) is 5.01 Å². The monoisotopic (exact) mass is 498 g/mol. The summed E-state index contributed by atoms with van der Waals surface area (Å²) in [6.07, 6.45) is 2.05. The maximum atomic E-state index is 13.0. The number of hydrogen-bond acceptors (Lipinski definition) is 8. The predicted octanol–water partition coefficient (Wildman–Crippen LogP) is 5.29. The van der Waals surface area contributed by atoms with Gasteiger partial charge in [-0.15, -0.1) is 20.4 Å². The molecule has 4 rings (SSSR count). The van der Waals surface area contributed by atoms with Crippen LogP contribution in [0.3, 0.4) is 0 Å². The number of unbranched alkanes of at least 4 members (excludes halogenated alkanes) is 1. The van der Waals surface area contributed by atoms with Crippen LogP contribution in [-0.2, 0) is 12.3 Å². The van der Waals surface area contributed by atoms with Crippen molar-refractivity contribution in [1.82, 2.24) is 25.0 Å². The van der Waals surface area contributed by atoms with Crippen molar-refractivity contribution in [2.24, 2.45) is 0 Å². The Morgan fingerprint density at radius 3 is 2.56 bits per heavy atom. The molecule has 0 spiro atoms. The Kier molecular flexibility index (Phi) is 7.86. The summed E-state index contributed by atoms with van der Waals surface area (Å²) in [6, 6.07) is 13.3. The summed E-state index contributed by atoms with van der Waals surface area (Å²) >= 11 is 2.72. The lowest BCUT2D eigenvalue weighted by Gasteiger charge is -2.09. The van der Waals surface area contributed by atoms with Crippen LogP contribution in [0.5, 0.6) is 5.75 Å². The third-order valence-corrected chi connectivity index (χ3v) is 6.97. The van der Waals surface area contributed by atoms with Gasteiger partial charge >= 0.3 is 0 Å². The highest BCUT2D eigenvalue weighted by Crippen LogP contribution is 2.29. The Morgan fingerprint density at radius 1 is 1.09 bits per heavy atom. The summed E-state index contributed by atoms with van der Waals surface area (Å²) in [6.45, 7) is 2.94. The minimum Gasteiger partial charge on any atom is -0.497 e. The van der Waals surface area contributed by atoms with E-state index >= 15 is 0 Å². The number of anilines is 1. The van der Waals surface area contributed by atoms with Crippen LogP contribution in [0.2, 0.25) is 0 Å². The molecule has 0 aliphatic heterocycles. The second kappa shape index (κ2) is 11.2. The summed E-state index contributed by atoms with van der Waals surface area (Å²) < 4.78 is 20.4. The molecule has 2 heterocycles. The molecule has 8 nitrogen and oxygen atoms in total. The van der Waals surface area contributed by atoms with Crippen LogP contribution in [0, 0.1) is 5.82 Å². The van der Waals surface area contributed by atoms with Gasteiger partial charge in [-0.25, -0.2) is 4.39 Å². The summed E-state index contributed by atoms with van der Waals surface area (Å²) in [7, 11) is 1.64. The maximum Gasteiger partial charge on any atom is 0.286 e. The molecule has 0 saturated carbocycles. The first-order valence-electron chi connectivity index (χ1n) is 10.7. The molecule has 176 valence electrons. The Morgan fingerprint density at radius 2 is 1.85 bits per heavy atom. The average Bonchev–Trinajstić information content (AvgIpc) is 3.50. The van der Waals surface area contributed by atoms with Crippen LogP contribution in [0.15, 0.2) is 53.7 Å². The number of carbonyl (C=O) groups excluding carboxylic acids is 1. The zero-order valence-electron chi connectivity index (χ0n) is 18.7. The molecule has 0 saturated heterocycles. The summed E-state index contributed by atoms with van der Waals surface area (Å²) in [5.41, 5.74) is 1.46.